The van der Waals surface area contributed by atoms with Crippen molar-refractivity contribution < 1.29 is 9.53 Å². The van der Waals surface area contributed by atoms with E-state index in [1.54, 1.807) is 0 Å². The first-order valence-electron chi connectivity index (χ1n) is 4.73. The fraction of sp³-hybridized carbons (Fsp3) is 0.889. The zero-order chi connectivity index (χ0) is 9.68. The van der Waals surface area contributed by atoms with E-state index < -0.39 is 0 Å². The fourth-order valence-electron chi connectivity index (χ4n) is 1.80. The molecule has 1 N–H and O–H groups in total. The summed E-state index contributed by atoms with van der Waals surface area (Å²) in [5.74, 6) is -0.136. The first-order chi connectivity index (χ1) is 6.27. The third-order valence-corrected chi connectivity index (χ3v) is 2.50. The van der Waals surface area contributed by atoms with Crippen molar-refractivity contribution in [2.24, 2.45) is 0 Å². The largest absolute Gasteiger partial charge is 0.468 e. The van der Waals surface area contributed by atoms with Crippen LogP contribution in [-0.2, 0) is 9.53 Å². The van der Waals surface area contributed by atoms with Crippen molar-refractivity contribution in [3.8, 4) is 0 Å². The average molecular weight is 186 g/mol. The van der Waals surface area contributed by atoms with Crippen LogP contribution in [0.5, 0.6) is 0 Å². The van der Waals surface area contributed by atoms with E-state index in [0.29, 0.717) is 12.6 Å². The Morgan fingerprint density at radius 3 is 3.08 bits per heavy atom. The van der Waals surface area contributed by atoms with Crippen molar-refractivity contribution in [1.82, 2.24) is 10.2 Å². The summed E-state index contributed by atoms with van der Waals surface area (Å²) in [4.78, 5) is 13.2. The highest BCUT2D eigenvalue weighted by Crippen LogP contribution is 2.15. The summed E-state index contributed by atoms with van der Waals surface area (Å²) in [7, 11) is 3.38. The van der Waals surface area contributed by atoms with E-state index in [-0.39, 0.29) is 5.97 Å². The second-order valence-corrected chi connectivity index (χ2v) is 3.40. The highest BCUT2D eigenvalue weighted by atomic mass is 16.5. The minimum Gasteiger partial charge on any atom is -0.468 e. The van der Waals surface area contributed by atoms with Gasteiger partial charge in [0.15, 0.2) is 0 Å². The predicted molar refractivity (Wildman–Crippen MR) is 50.5 cm³/mol. The van der Waals surface area contributed by atoms with Gasteiger partial charge in [-0.2, -0.15) is 0 Å². The van der Waals surface area contributed by atoms with Crippen molar-refractivity contribution in [1.29, 1.82) is 0 Å². The Hall–Kier alpha value is -0.610. The maximum Gasteiger partial charge on any atom is 0.319 e. The van der Waals surface area contributed by atoms with Gasteiger partial charge >= 0.3 is 5.97 Å². The number of methoxy groups -OCH3 is 1. The molecular formula is C9H18N2O2. The molecule has 1 aliphatic rings. The van der Waals surface area contributed by atoms with Crippen LogP contribution in [-0.4, -0.2) is 50.7 Å². The van der Waals surface area contributed by atoms with Crippen molar-refractivity contribution in [3.05, 3.63) is 0 Å². The predicted octanol–water partition coefficient (Wildman–Crippen LogP) is -0.157. The molecule has 0 radical (unpaired) electrons. The van der Waals surface area contributed by atoms with Gasteiger partial charge in [-0.1, -0.05) is 0 Å². The fourth-order valence-corrected chi connectivity index (χ4v) is 1.80. The van der Waals surface area contributed by atoms with Crippen LogP contribution in [0.25, 0.3) is 0 Å². The van der Waals surface area contributed by atoms with Gasteiger partial charge in [0.05, 0.1) is 13.7 Å². The normalized spacial score (nSPS) is 23.4. The molecule has 1 heterocycles. The molecule has 1 unspecified atom stereocenters. The summed E-state index contributed by atoms with van der Waals surface area (Å²) in [6, 6.07) is 0.504. The summed E-state index contributed by atoms with van der Waals surface area (Å²) in [5.41, 5.74) is 0. The number of likely N-dealkylation sites (tertiary alicyclic amines) is 1. The number of rotatable bonds is 4. The molecule has 13 heavy (non-hydrogen) atoms. The molecule has 0 aliphatic carbocycles. The SMILES string of the molecule is CNCC1CCCN1CC(=O)OC. The molecule has 0 saturated carbocycles. The molecule has 1 aliphatic heterocycles. The molecular weight excluding hydrogens is 168 g/mol. The van der Waals surface area contributed by atoms with E-state index >= 15 is 0 Å². The Morgan fingerprint density at radius 1 is 1.69 bits per heavy atom. The van der Waals surface area contributed by atoms with E-state index in [2.05, 4.69) is 15.0 Å². The standard InChI is InChI=1S/C9H18N2O2/c1-10-6-8-4-3-5-11(8)7-9(12)13-2/h8,10H,3-7H2,1-2H3. The molecule has 0 aromatic carbocycles. The molecule has 0 aromatic rings. The maximum atomic E-state index is 11.0. The lowest BCUT2D eigenvalue weighted by Crippen LogP contribution is -2.40. The van der Waals surface area contributed by atoms with Gasteiger partial charge in [0.2, 0.25) is 0 Å². The van der Waals surface area contributed by atoms with E-state index in [1.165, 1.54) is 20.0 Å². The third-order valence-electron chi connectivity index (χ3n) is 2.50. The van der Waals surface area contributed by atoms with Crippen molar-refractivity contribution in [2.75, 3.05) is 33.8 Å². The van der Waals surface area contributed by atoms with Gasteiger partial charge in [-0.05, 0) is 26.4 Å². The molecule has 4 heteroatoms. The Labute approximate surface area is 79.2 Å². The number of esters is 1. The van der Waals surface area contributed by atoms with Crippen LogP contribution in [0.3, 0.4) is 0 Å². The Morgan fingerprint density at radius 2 is 2.46 bits per heavy atom. The maximum absolute atomic E-state index is 11.0. The van der Waals surface area contributed by atoms with Gasteiger partial charge in [-0.3, -0.25) is 9.69 Å². The Balaban J connectivity index is 2.34. The van der Waals surface area contributed by atoms with Gasteiger partial charge in [0.1, 0.15) is 0 Å². The molecule has 76 valence electrons. The molecule has 0 spiro atoms. The van der Waals surface area contributed by atoms with Crippen LogP contribution in [0.2, 0.25) is 0 Å². The lowest BCUT2D eigenvalue weighted by atomic mass is 10.2. The van der Waals surface area contributed by atoms with Crippen LogP contribution in [0.15, 0.2) is 0 Å². The summed E-state index contributed by atoms with van der Waals surface area (Å²) < 4.78 is 4.64. The van der Waals surface area contributed by atoms with Crippen molar-refractivity contribution >= 4 is 5.97 Å². The average Bonchev–Trinajstić information content (AvgIpc) is 2.54. The molecule has 1 fully saturated rings. The minimum atomic E-state index is -0.136. The zero-order valence-corrected chi connectivity index (χ0v) is 8.38. The Kier molecular flexibility index (Phi) is 4.18. The molecule has 1 saturated heterocycles. The van der Waals surface area contributed by atoms with Crippen molar-refractivity contribution in [3.63, 3.8) is 0 Å². The molecule has 1 rings (SSSR count). The number of carbonyl (C=O) groups excluding carboxylic acids is 1. The number of nitrogens with one attached hydrogen (secondary N) is 1. The van der Waals surface area contributed by atoms with Gasteiger partial charge in [-0.25, -0.2) is 0 Å². The van der Waals surface area contributed by atoms with Gasteiger partial charge in [0.25, 0.3) is 0 Å². The first kappa shape index (κ1) is 10.5. The van der Waals surface area contributed by atoms with Gasteiger partial charge in [0, 0.05) is 12.6 Å². The van der Waals surface area contributed by atoms with E-state index in [9.17, 15) is 4.79 Å². The number of hydrogen-bond acceptors (Lipinski definition) is 4. The van der Waals surface area contributed by atoms with E-state index in [1.807, 2.05) is 7.05 Å². The summed E-state index contributed by atoms with van der Waals surface area (Å²) in [6.45, 7) is 2.40. The summed E-state index contributed by atoms with van der Waals surface area (Å²) in [6.07, 6.45) is 2.36. The summed E-state index contributed by atoms with van der Waals surface area (Å²) >= 11 is 0. The van der Waals surface area contributed by atoms with E-state index in [0.717, 1.165) is 13.1 Å². The topological polar surface area (TPSA) is 41.6 Å². The second-order valence-electron chi connectivity index (χ2n) is 3.40. The monoisotopic (exact) mass is 186 g/mol. The molecule has 4 nitrogen and oxygen atoms in total. The van der Waals surface area contributed by atoms with E-state index in [4.69, 9.17) is 0 Å². The minimum absolute atomic E-state index is 0.136. The number of carbonyl (C=O) groups is 1. The highest BCUT2D eigenvalue weighted by Gasteiger charge is 2.25. The molecule has 0 bridgehead atoms. The van der Waals surface area contributed by atoms with Crippen molar-refractivity contribution in [2.45, 2.75) is 18.9 Å². The van der Waals surface area contributed by atoms with Crippen LogP contribution in [0, 0.1) is 0 Å². The number of nitrogens with zero attached hydrogens (tertiary/aromatic N) is 1. The van der Waals surface area contributed by atoms with Crippen LogP contribution in [0.1, 0.15) is 12.8 Å². The van der Waals surface area contributed by atoms with Crippen LogP contribution >= 0.6 is 0 Å². The number of hydrogen-bond donors (Lipinski definition) is 1. The second kappa shape index (κ2) is 5.19. The van der Waals surface area contributed by atoms with Gasteiger partial charge < -0.3 is 10.1 Å². The lowest BCUT2D eigenvalue weighted by Gasteiger charge is -2.22. The number of likely N-dealkylation sites (N-methyl/N-ethyl adjacent to an activating group) is 1. The summed E-state index contributed by atoms with van der Waals surface area (Å²) in [5, 5.41) is 3.14. The first-order valence-corrected chi connectivity index (χ1v) is 4.73. The molecule has 1 atom stereocenters. The highest BCUT2D eigenvalue weighted by molar-refractivity contribution is 5.71. The zero-order valence-electron chi connectivity index (χ0n) is 8.38. The van der Waals surface area contributed by atoms with Crippen LogP contribution in [0.4, 0.5) is 0 Å². The molecule has 0 aromatic heterocycles. The van der Waals surface area contributed by atoms with Crippen LogP contribution < -0.4 is 5.32 Å². The molecule has 0 amide bonds. The Bertz CT molecular complexity index is 173. The lowest BCUT2D eigenvalue weighted by molar-refractivity contribution is -0.142. The number of ether oxygens (including phenoxy) is 1. The smallest absolute Gasteiger partial charge is 0.319 e. The quantitative estimate of drug-likeness (QED) is 0.620. The van der Waals surface area contributed by atoms with Gasteiger partial charge in [-0.15, -0.1) is 0 Å². The third kappa shape index (κ3) is 2.97.